The van der Waals surface area contributed by atoms with Gasteiger partial charge in [-0.3, -0.25) is 0 Å². The van der Waals surface area contributed by atoms with Crippen LogP contribution in [0.2, 0.25) is 0 Å². The lowest BCUT2D eigenvalue weighted by atomic mass is 9.87. The molecule has 10 heavy (non-hydrogen) atoms. The maximum Gasteiger partial charge on any atom is 0.0341 e. The third-order valence-corrected chi connectivity index (χ3v) is 2.92. The Labute approximate surface area is 66.4 Å². The second-order valence-corrected chi connectivity index (χ2v) is 5.26. The Balaban J connectivity index is 2.91. The van der Waals surface area contributed by atoms with Gasteiger partial charge in [-0.2, -0.15) is 0 Å². The molecule has 1 heteroatoms. The average molecular weight is 152 g/mol. The molecule has 1 aliphatic carbocycles. The van der Waals surface area contributed by atoms with Crippen LogP contribution in [0.5, 0.6) is 0 Å². The van der Waals surface area contributed by atoms with Crippen LogP contribution in [-0.4, -0.2) is 10.2 Å². The monoisotopic (exact) mass is 152 g/mol. The Morgan fingerprint density at radius 2 is 2.00 bits per heavy atom. The minimum atomic E-state index is 0.379. The van der Waals surface area contributed by atoms with Crippen LogP contribution < -0.4 is 0 Å². The van der Waals surface area contributed by atoms with E-state index < -0.39 is 0 Å². The highest BCUT2D eigenvalue weighted by molar-refractivity contribution is 6.22. The van der Waals surface area contributed by atoms with E-state index in [9.17, 15) is 0 Å². The predicted molar refractivity (Wildman–Crippen MR) is 50.2 cm³/mol. The van der Waals surface area contributed by atoms with E-state index in [-0.39, 0.29) is 0 Å². The minimum absolute atomic E-state index is 0.379. The Hall–Kier alpha value is -0.303. The second kappa shape index (κ2) is 2.39. The fourth-order valence-corrected chi connectivity index (χ4v) is 2.65. The first-order chi connectivity index (χ1) is 4.52. The molecule has 0 N–H and O–H groups in total. The third-order valence-electron chi connectivity index (χ3n) is 1.98. The molecule has 0 heterocycles. The van der Waals surface area contributed by atoms with E-state index in [4.69, 9.17) is 0 Å². The lowest BCUT2D eigenvalue weighted by Gasteiger charge is -2.20. The van der Waals surface area contributed by atoms with Crippen molar-refractivity contribution >= 4 is 10.2 Å². The highest BCUT2D eigenvalue weighted by Gasteiger charge is 2.18. The van der Waals surface area contributed by atoms with Gasteiger partial charge in [0.2, 0.25) is 0 Å². The summed E-state index contributed by atoms with van der Waals surface area (Å²) in [5, 5.41) is 1.67. The molecule has 0 radical (unpaired) electrons. The van der Waals surface area contributed by atoms with Gasteiger partial charge in [0.15, 0.2) is 0 Å². The van der Waals surface area contributed by atoms with Crippen molar-refractivity contribution in [3.05, 3.63) is 22.9 Å². The highest BCUT2D eigenvalue weighted by atomic mass is 28.1. The van der Waals surface area contributed by atoms with Gasteiger partial charge < -0.3 is 0 Å². The molecule has 1 aliphatic rings. The van der Waals surface area contributed by atoms with Crippen molar-refractivity contribution in [1.82, 2.24) is 0 Å². The number of allylic oxidation sites excluding steroid dienone is 4. The topological polar surface area (TPSA) is 0 Å². The van der Waals surface area contributed by atoms with Crippen LogP contribution in [-0.2, 0) is 0 Å². The summed E-state index contributed by atoms with van der Waals surface area (Å²) in [6, 6.07) is 0. The Morgan fingerprint density at radius 1 is 1.40 bits per heavy atom. The number of hydrogen-bond donors (Lipinski definition) is 0. The van der Waals surface area contributed by atoms with Crippen molar-refractivity contribution in [3.63, 3.8) is 0 Å². The summed E-state index contributed by atoms with van der Waals surface area (Å²) in [4.78, 5) is 0. The Kier molecular flexibility index (Phi) is 1.86. The largest absolute Gasteiger partial charge is 0.0844 e. The average Bonchev–Trinajstić information content (AvgIpc) is 2.11. The molecule has 0 aromatic heterocycles. The molecule has 0 atom stereocenters. The van der Waals surface area contributed by atoms with Gasteiger partial charge in [0.1, 0.15) is 0 Å². The Bertz CT molecular complexity index is 191. The van der Waals surface area contributed by atoms with Gasteiger partial charge >= 0.3 is 0 Å². The molecule has 0 amide bonds. The summed E-state index contributed by atoms with van der Waals surface area (Å²) in [5.74, 6) is 0. The van der Waals surface area contributed by atoms with E-state index in [1.807, 2.05) is 0 Å². The maximum absolute atomic E-state index is 2.29. The van der Waals surface area contributed by atoms with Crippen molar-refractivity contribution in [2.45, 2.75) is 27.2 Å². The first kappa shape index (κ1) is 7.80. The fourth-order valence-electron chi connectivity index (χ4n) is 1.50. The maximum atomic E-state index is 2.29. The van der Waals surface area contributed by atoms with Gasteiger partial charge in [-0.15, -0.1) is 0 Å². The number of rotatable bonds is 0. The van der Waals surface area contributed by atoms with E-state index >= 15 is 0 Å². The van der Waals surface area contributed by atoms with Gasteiger partial charge in [0.25, 0.3) is 0 Å². The van der Waals surface area contributed by atoms with Crippen molar-refractivity contribution in [2.75, 3.05) is 0 Å². The van der Waals surface area contributed by atoms with Crippen LogP contribution in [0, 0.1) is 5.41 Å². The third kappa shape index (κ3) is 1.40. The lowest BCUT2D eigenvalue weighted by molar-refractivity contribution is 0.516. The summed E-state index contributed by atoms with van der Waals surface area (Å²) in [6.07, 6.45) is 5.80. The van der Waals surface area contributed by atoms with E-state index in [1.54, 1.807) is 10.8 Å². The van der Waals surface area contributed by atoms with Crippen LogP contribution in [0.4, 0.5) is 0 Å². The molecule has 56 valence electrons. The molecular weight excluding hydrogens is 136 g/mol. The fraction of sp³-hybridized carbons (Fsp3) is 0.556. The first-order valence-corrected chi connectivity index (χ1v) is 4.88. The van der Waals surface area contributed by atoms with Gasteiger partial charge in [-0.1, -0.05) is 38.1 Å². The molecule has 1 rings (SSSR count). The summed E-state index contributed by atoms with van der Waals surface area (Å²) in [6.45, 7) is 6.86. The van der Waals surface area contributed by atoms with Crippen LogP contribution in [0.15, 0.2) is 22.9 Å². The molecule has 0 aliphatic heterocycles. The zero-order valence-electron chi connectivity index (χ0n) is 7.36. The molecule has 0 spiro atoms. The van der Waals surface area contributed by atoms with Crippen LogP contribution in [0.25, 0.3) is 0 Å². The van der Waals surface area contributed by atoms with Crippen molar-refractivity contribution in [3.8, 4) is 0 Å². The standard InChI is InChI=1S/C9H16Si/c1-9(2,3)7-5-4-6-8(7)10/h4-5H,6H2,1-3,10H3. The quantitative estimate of drug-likeness (QED) is 0.463. The van der Waals surface area contributed by atoms with Crippen molar-refractivity contribution in [2.24, 2.45) is 5.41 Å². The van der Waals surface area contributed by atoms with E-state index in [1.165, 1.54) is 16.7 Å². The molecule has 0 saturated heterocycles. The van der Waals surface area contributed by atoms with Crippen LogP contribution in [0.1, 0.15) is 27.2 Å². The molecule has 0 saturated carbocycles. The SMILES string of the molecule is CC(C)(C)C1=C([SiH3])CC=C1. The lowest BCUT2D eigenvalue weighted by Crippen LogP contribution is -2.08. The second-order valence-electron chi connectivity index (χ2n) is 4.05. The summed E-state index contributed by atoms with van der Waals surface area (Å²) < 4.78 is 0. The summed E-state index contributed by atoms with van der Waals surface area (Å²) >= 11 is 0. The van der Waals surface area contributed by atoms with Gasteiger partial charge in [-0.05, 0) is 17.4 Å². The summed E-state index contributed by atoms with van der Waals surface area (Å²) in [5.41, 5.74) is 1.96. The molecular formula is C9H16Si. The molecule has 0 aromatic rings. The zero-order chi connectivity index (χ0) is 7.78. The van der Waals surface area contributed by atoms with E-state index in [0.717, 1.165) is 0 Å². The van der Waals surface area contributed by atoms with Crippen molar-refractivity contribution < 1.29 is 0 Å². The molecule has 0 unspecified atom stereocenters. The van der Waals surface area contributed by atoms with E-state index in [0.29, 0.717) is 5.41 Å². The van der Waals surface area contributed by atoms with Crippen LogP contribution in [0.3, 0.4) is 0 Å². The van der Waals surface area contributed by atoms with E-state index in [2.05, 4.69) is 32.9 Å². The minimum Gasteiger partial charge on any atom is -0.0844 e. The molecule has 0 bridgehead atoms. The highest BCUT2D eigenvalue weighted by Crippen LogP contribution is 2.32. The number of hydrogen-bond acceptors (Lipinski definition) is 0. The van der Waals surface area contributed by atoms with Gasteiger partial charge in [0, 0.05) is 10.2 Å². The summed E-state index contributed by atoms with van der Waals surface area (Å²) in [7, 11) is 1.23. The van der Waals surface area contributed by atoms with Gasteiger partial charge in [-0.25, -0.2) is 0 Å². The van der Waals surface area contributed by atoms with Crippen LogP contribution >= 0.6 is 0 Å². The van der Waals surface area contributed by atoms with Crippen molar-refractivity contribution in [1.29, 1.82) is 0 Å². The predicted octanol–water partition coefficient (Wildman–Crippen LogP) is 1.61. The smallest absolute Gasteiger partial charge is 0.0341 e. The first-order valence-electron chi connectivity index (χ1n) is 3.88. The van der Waals surface area contributed by atoms with Gasteiger partial charge in [0.05, 0.1) is 0 Å². The molecule has 0 aromatic carbocycles. The zero-order valence-corrected chi connectivity index (χ0v) is 9.36. The molecule has 0 fully saturated rings. The normalized spacial score (nSPS) is 19.1. The Morgan fingerprint density at radius 3 is 2.20 bits per heavy atom. The molecule has 0 nitrogen and oxygen atoms in total.